The van der Waals surface area contributed by atoms with E-state index in [1.165, 1.54) is 12.8 Å². The monoisotopic (exact) mass is 429 g/mol. The second kappa shape index (κ2) is 10.5. The van der Waals surface area contributed by atoms with Crippen LogP contribution >= 0.6 is 0 Å². The highest BCUT2D eigenvalue weighted by molar-refractivity contribution is 5.86. The van der Waals surface area contributed by atoms with Gasteiger partial charge in [0, 0.05) is 31.7 Å². The molecule has 0 spiro atoms. The molecule has 170 valence electrons. The molecule has 2 saturated heterocycles. The number of rotatable bonds is 5. The SMILES string of the molecule is CC1CCC(N[C@H]2C[C@@H](C(=O)N3CCOCC3)N(C(=O)OCc3ccccc3)C2)CC1. The number of nitrogens with one attached hydrogen (secondary N) is 1. The van der Waals surface area contributed by atoms with Gasteiger partial charge in [0.05, 0.1) is 13.2 Å². The summed E-state index contributed by atoms with van der Waals surface area (Å²) in [7, 11) is 0. The van der Waals surface area contributed by atoms with Gasteiger partial charge in [0.2, 0.25) is 5.91 Å². The lowest BCUT2D eigenvalue weighted by molar-refractivity contribution is -0.139. The molecule has 4 rings (SSSR count). The number of carbonyl (C=O) groups excluding carboxylic acids is 2. The molecule has 0 bridgehead atoms. The zero-order valence-electron chi connectivity index (χ0n) is 18.5. The summed E-state index contributed by atoms with van der Waals surface area (Å²) in [6.45, 7) is 5.32. The number of hydrogen-bond acceptors (Lipinski definition) is 5. The van der Waals surface area contributed by atoms with Crippen LogP contribution in [-0.4, -0.2) is 72.8 Å². The highest BCUT2D eigenvalue weighted by Crippen LogP contribution is 2.27. The molecule has 1 aliphatic carbocycles. The third kappa shape index (κ3) is 5.77. The summed E-state index contributed by atoms with van der Waals surface area (Å²) in [4.78, 5) is 29.7. The molecule has 1 aromatic carbocycles. The van der Waals surface area contributed by atoms with Crippen molar-refractivity contribution in [1.29, 1.82) is 0 Å². The van der Waals surface area contributed by atoms with E-state index in [1.54, 1.807) is 4.90 Å². The van der Waals surface area contributed by atoms with E-state index in [2.05, 4.69) is 12.2 Å². The van der Waals surface area contributed by atoms with Gasteiger partial charge in [0.1, 0.15) is 12.6 Å². The van der Waals surface area contributed by atoms with E-state index in [0.717, 1.165) is 24.3 Å². The summed E-state index contributed by atoms with van der Waals surface area (Å²) >= 11 is 0. The van der Waals surface area contributed by atoms with E-state index in [0.29, 0.717) is 45.3 Å². The molecule has 2 atom stereocenters. The van der Waals surface area contributed by atoms with Crippen LogP contribution in [0.1, 0.15) is 44.6 Å². The number of carbonyl (C=O) groups is 2. The number of morpholine rings is 1. The Morgan fingerprint density at radius 1 is 1.06 bits per heavy atom. The molecule has 3 fully saturated rings. The van der Waals surface area contributed by atoms with Gasteiger partial charge in [-0.3, -0.25) is 9.69 Å². The largest absolute Gasteiger partial charge is 0.445 e. The van der Waals surface area contributed by atoms with Crippen molar-refractivity contribution in [2.24, 2.45) is 5.92 Å². The highest BCUT2D eigenvalue weighted by atomic mass is 16.6. The van der Waals surface area contributed by atoms with Crippen molar-refractivity contribution in [1.82, 2.24) is 15.1 Å². The summed E-state index contributed by atoms with van der Waals surface area (Å²) < 4.78 is 11.0. The molecule has 2 amide bonds. The van der Waals surface area contributed by atoms with Crippen LogP contribution < -0.4 is 5.32 Å². The average Bonchev–Trinajstić information content (AvgIpc) is 3.23. The van der Waals surface area contributed by atoms with Gasteiger partial charge >= 0.3 is 6.09 Å². The Morgan fingerprint density at radius 2 is 1.77 bits per heavy atom. The van der Waals surface area contributed by atoms with Gasteiger partial charge in [0.25, 0.3) is 0 Å². The molecule has 0 unspecified atom stereocenters. The zero-order chi connectivity index (χ0) is 21.6. The Balaban J connectivity index is 1.40. The maximum atomic E-state index is 13.3. The molecule has 3 aliphatic rings. The molecule has 2 aliphatic heterocycles. The lowest BCUT2D eigenvalue weighted by atomic mass is 9.87. The minimum Gasteiger partial charge on any atom is -0.445 e. The first kappa shape index (κ1) is 22.1. The van der Waals surface area contributed by atoms with Gasteiger partial charge in [0.15, 0.2) is 0 Å². The Hall–Kier alpha value is -2.12. The molecule has 0 aromatic heterocycles. The lowest BCUT2D eigenvalue weighted by Gasteiger charge is -2.32. The van der Waals surface area contributed by atoms with Crippen LogP contribution in [0, 0.1) is 5.92 Å². The minimum atomic E-state index is -0.471. The molecule has 7 nitrogen and oxygen atoms in total. The van der Waals surface area contributed by atoms with E-state index in [4.69, 9.17) is 9.47 Å². The maximum absolute atomic E-state index is 13.3. The third-order valence-electron chi connectivity index (χ3n) is 6.84. The predicted molar refractivity (Wildman–Crippen MR) is 117 cm³/mol. The normalized spacial score (nSPS) is 29.1. The fraction of sp³-hybridized carbons (Fsp3) is 0.667. The molecule has 31 heavy (non-hydrogen) atoms. The second-order valence-electron chi connectivity index (χ2n) is 9.20. The average molecular weight is 430 g/mol. The van der Waals surface area contributed by atoms with Crippen LogP contribution in [0.25, 0.3) is 0 Å². The van der Waals surface area contributed by atoms with E-state index in [-0.39, 0.29) is 18.6 Å². The number of hydrogen-bond donors (Lipinski definition) is 1. The quantitative estimate of drug-likeness (QED) is 0.779. The molecule has 7 heteroatoms. The molecule has 1 saturated carbocycles. The van der Waals surface area contributed by atoms with E-state index < -0.39 is 12.1 Å². The van der Waals surface area contributed by atoms with E-state index >= 15 is 0 Å². The first-order chi connectivity index (χ1) is 15.1. The van der Waals surface area contributed by atoms with E-state index in [1.807, 2.05) is 35.2 Å². The molecule has 1 N–H and O–H groups in total. The Morgan fingerprint density at radius 3 is 2.48 bits per heavy atom. The number of likely N-dealkylation sites (tertiary alicyclic amines) is 1. The van der Waals surface area contributed by atoms with E-state index in [9.17, 15) is 9.59 Å². The van der Waals surface area contributed by atoms with Gasteiger partial charge in [-0.1, -0.05) is 37.3 Å². The Bertz CT molecular complexity index is 730. The van der Waals surface area contributed by atoms with Crippen LogP contribution in [0.3, 0.4) is 0 Å². The van der Waals surface area contributed by atoms with Crippen LogP contribution in [0.4, 0.5) is 4.79 Å². The maximum Gasteiger partial charge on any atom is 0.410 e. The summed E-state index contributed by atoms with van der Waals surface area (Å²) in [6, 6.07) is 9.78. The van der Waals surface area contributed by atoms with Gasteiger partial charge in [-0.15, -0.1) is 0 Å². The van der Waals surface area contributed by atoms with Gasteiger partial charge in [-0.05, 0) is 43.6 Å². The molecule has 1 aromatic rings. The van der Waals surface area contributed by atoms with Crippen molar-refractivity contribution in [3.05, 3.63) is 35.9 Å². The van der Waals surface area contributed by atoms with Gasteiger partial charge in [-0.2, -0.15) is 0 Å². The summed E-state index contributed by atoms with van der Waals surface area (Å²) in [5.41, 5.74) is 0.942. The molecule has 0 radical (unpaired) electrons. The van der Waals surface area contributed by atoms with Crippen molar-refractivity contribution in [2.45, 2.75) is 63.8 Å². The lowest BCUT2D eigenvalue weighted by Crippen LogP contribution is -2.51. The molecular weight excluding hydrogens is 394 g/mol. The number of amides is 2. The van der Waals surface area contributed by atoms with Gasteiger partial charge in [-0.25, -0.2) is 4.79 Å². The minimum absolute atomic E-state index is 0.0153. The smallest absolute Gasteiger partial charge is 0.410 e. The van der Waals surface area contributed by atoms with Crippen molar-refractivity contribution in [3.63, 3.8) is 0 Å². The summed E-state index contributed by atoms with van der Waals surface area (Å²) in [5, 5.41) is 3.74. The van der Waals surface area contributed by atoms with Crippen LogP contribution in [0.2, 0.25) is 0 Å². The Kier molecular flexibility index (Phi) is 7.45. The Labute approximate surface area is 185 Å². The van der Waals surface area contributed by atoms with Crippen molar-refractivity contribution < 1.29 is 19.1 Å². The zero-order valence-corrected chi connectivity index (χ0v) is 18.5. The number of benzene rings is 1. The fourth-order valence-electron chi connectivity index (χ4n) is 4.95. The summed E-state index contributed by atoms with van der Waals surface area (Å²) in [6.07, 6.45) is 5.04. The highest BCUT2D eigenvalue weighted by Gasteiger charge is 2.43. The predicted octanol–water partition coefficient (Wildman–Crippen LogP) is 2.79. The topological polar surface area (TPSA) is 71.1 Å². The fourth-order valence-corrected chi connectivity index (χ4v) is 4.95. The van der Waals surface area contributed by atoms with Crippen molar-refractivity contribution in [2.75, 3.05) is 32.8 Å². The third-order valence-corrected chi connectivity index (χ3v) is 6.84. The molecular formula is C24H35N3O4. The van der Waals surface area contributed by atoms with Crippen LogP contribution in [0.5, 0.6) is 0 Å². The number of nitrogens with zero attached hydrogens (tertiary/aromatic N) is 2. The van der Waals surface area contributed by atoms with Crippen molar-refractivity contribution >= 4 is 12.0 Å². The first-order valence-corrected chi connectivity index (χ1v) is 11.7. The van der Waals surface area contributed by atoms with Crippen LogP contribution in [0.15, 0.2) is 30.3 Å². The van der Waals surface area contributed by atoms with Gasteiger partial charge < -0.3 is 19.7 Å². The second-order valence-corrected chi connectivity index (χ2v) is 9.20. The number of ether oxygens (including phenoxy) is 2. The molecule has 2 heterocycles. The van der Waals surface area contributed by atoms with Crippen molar-refractivity contribution in [3.8, 4) is 0 Å². The summed E-state index contributed by atoms with van der Waals surface area (Å²) in [5.74, 6) is 0.809. The van der Waals surface area contributed by atoms with Crippen LogP contribution in [-0.2, 0) is 20.9 Å². The standard InChI is InChI=1S/C24H35N3O4/c1-18-7-9-20(10-8-18)25-21-15-22(23(28)26-11-13-30-14-12-26)27(16-21)24(29)31-17-19-5-3-2-4-6-19/h2-6,18,20-22,25H,7-17H2,1H3/t18?,20?,21-,22-/m0/s1. The first-order valence-electron chi connectivity index (χ1n) is 11.7.